The van der Waals surface area contributed by atoms with Gasteiger partial charge in [-0.25, -0.2) is 4.98 Å². The van der Waals surface area contributed by atoms with Crippen LogP contribution in [0.25, 0.3) is 10.9 Å². The van der Waals surface area contributed by atoms with Gasteiger partial charge in [-0.3, -0.25) is 10.1 Å². The second-order valence-corrected chi connectivity index (χ2v) is 10.1. The third kappa shape index (κ3) is 3.17. The topological polar surface area (TPSA) is 56.0 Å². The normalized spacial score (nSPS) is 10.9. The Labute approximate surface area is 112 Å². The average molecular weight is 270 g/mol. The molecule has 4 nitrogen and oxygen atoms in total. The maximum Gasteiger partial charge on any atom is 0.295 e. The molecule has 1 aromatic carbocycles. The third-order valence-corrected chi connectivity index (χ3v) is 3.34. The Kier molecular flexibility index (Phi) is 3.36. The van der Waals surface area contributed by atoms with Crippen LogP contribution in [-0.2, 0) is 0 Å². The van der Waals surface area contributed by atoms with Gasteiger partial charge in [0.05, 0.1) is 4.92 Å². The molecule has 19 heavy (non-hydrogen) atoms. The van der Waals surface area contributed by atoms with Gasteiger partial charge >= 0.3 is 0 Å². The molecule has 1 aromatic heterocycles. The van der Waals surface area contributed by atoms with E-state index in [1.165, 1.54) is 6.07 Å². The summed E-state index contributed by atoms with van der Waals surface area (Å²) in [5, 5.41) is 11.6. The van der Waals surface area contributed by atoms with E-state index in [1.807, 2.05) is 12.1 Å². The number of nitro groups is 1. The predicted octanol–water partition coefficient (Wildman–Crippen LogP) is 3.37. The fraction of sp³-hybridized carbons (Fsp3) is 0.214. The predicted molar refractivity (Wildman–Crippen MR) is 78.6 cm³/mol. The van der Waals surface area contributed by atoms with Gasteiger partial charge in [-0.15, -0.1) is 5.54 Å². The van der Waals surface area contributed by atoms with Crippen LogP contribution in [0.2, 0.25) is 19.6 Å². The van der Waals surface area contributed by atoms with Gasteiger partial charge in [-0.05, 0) is 6.07 Å². The smallest absolute Gasteiger partial charge is 0.258 e. The molecule has 2 aromatic rings. The molecule has 0 N–H and O–H groups in total. The van der Waals surface area contributed by atoms with E-state index < -0.39 is 13.0 Å². The zero-order chi connectivity index (χ0) is 14.0. The molecule has 0 bridgehead atoms. The van der Waals surface area contributed by atoms with Gasteiger partial charge in [0.1, 0.15) is 13.6 Å². The summed E-state index contributed by atoms with van der Waals surface area (Å²) < 4.78 is 0. The summed E-state index contributed by atoms with van der Waals surface area (Å²) in [7, 11) is -1.43. The highest BCUT2D eigenvalue weighted by molar-refractivity contribution is 6.83. The molecule has 0 aliphatic rings. The van der Waals surface area contributed by atoms with Crippen molar-refractivity contribution >= 4 is 24.7 Å². The molecule has 0 amide bonds. The number of pyridine rings is 1. The Balaban J connectivity index is 2.53. The number of non-ortho nitro benzene ring substituents is 1. The van der Waals surface area contributed by atoms with Crippen molar-refractivity contribution in [2.24, 2.45) is 0 Å². The van der Waals surface area contributed by atoms with E-state index in [-0.39, 0.29) is 5.69 Å². The number of hydrogen-bond acceptors (Lipinski definition) is 3. The minimum atomic E-state index is -1.43. The summed E-state index contributed by atoms with van der Waals surface area (Å²) in [6, 6.07) is 6.79. The first-order valence-corrected chi connectivity index (χ1v) is 9.43. The fourth-order valence-electron chi connectivity index (χ4n) is 1.62. The Morgan fingerprint density at radius 1 is 1.32 bits per heavy atom. The van der Waals surface area contributed by atoms with Gasteiger partial charge in [0, 0.05) is 23.2 Å². The zero-order valence-electron chi connectivity index (χ0n) is 11.1. The van der Waals surface area contributed by atoms with Crippen LogP contribution in [0.5, 0.6) is 0 Å². The van der Waals surface area contributed by atoms with Gasteiger partial charge in [-0.2, -0.15) is 0 Å². The summed E-state index contributed by atoms with van der Waals surface area (Å²) in [6.07, 6.45) is 1.60. The lowest BCUT2D eigenvalue weighted by molar-refractivity contribution is -0.383. The highest BCUT2D eigenvalue weighted by atomic mass is 28.3. The van der Waals surface area contributed by atoms with E-state index in [2.05, 4.69) is 36.1 Å². The largest absolute Gasteiger partial charge is 0.295 e. The Bertz CT molecular complexity index is 709. The van der Waals surface area contributed by atoms with Crippen LogP contribution in [0.3, 0.4) is 0 Å². The van der Waals surface area contributed by atoms with E-state index in [0.29, 0.717) is 5.52 Å². The molecule has 0 saturated heterocycles. The van der Waals surface area contributed by atoms with Crippen molar-refractivity contribution in [1.29, 1.82) is 0 Å². The van der Waals surface area contributed by atoms with E-state index in [0.717, 1.165) is 10.9 Å². The van der Waals surface area contributed by atoms with E-state index in [1.54, 1.807) is 12.3 Å². The number of nitrogens with zero attached hydrogens (tertiary/aromatic N) is 2. The zero-order valence-corrected chi connectivity index (χ0v) is 12.1. The van der Waals surface area contributed by atoms with Crippen LogP contribution >= 0.6 is 0 Å². The molecule has 0 aliphatic carbocycles. The number of fused-ring (bicyclic) bond motifs is 1. The third-order valence-electron chi connectivity index (χ3n) is 2.47. The Morgan fingerprint density at radius 2 is 2.05 bits per heavy atom. The second kappa shape index (κ2) is 4.82. The molecular formula is C14H14N2O2Si. The van der Waals surface area contributed by atoms with Crippen LogP contribution in [0.15, 0.2) is 30.5 Å². The summed E-state index contributed by atoms with van der Waals surface area (Å²) in [5.41, 5.74) is 4.49. The number of nitro benzene ring substituents is 1. The average Bonchev–Trinajstić information content (AvgIpc) is 2.34. The molecule has 0 aliphatic heterocycles. The van der Waals surface area contributed by atoms with Crippen molar-refractivity contribution in [2.45, 2.75) is 19.6 Å². The van der Waals surface area contributed by atoms with E-state index in [4.69, 9.17) is 0 Å². The molecule has 0 unspecified atom stereocenters. The van der Waals surface area contributed by atoms with E-state index >= 15 is 0 Å². The number of para-hydroxylation sites is 1. The van der Waals surface area contributed by atoms with Gasteiger partial charge in [0.15, 0.2) is 0 Å². The molecule has 0 spiro atoms. The van der Waals surface area contributed by atoms with Crippen molar-refractivity contribution < 1.29 is 4.92 Å². The number of benzene rings is 1. The van der Waals surface area contributed by atoms with Crippen LogP contribution in [0, 0.1) is 21.6 Å². The summed E-state index contributed by atoms with van der Waals surface area (Å²) in [4.78, 5) is 14.7. The first kappa shape index (κ1) is 13.2. The monoisotopic (exact) mass is 270 g/mol. The molecule has 5 heteroatoms. The van der Waals surface area contributed by atoms with Crippen molar-refractivity contribution in [1.82, 2.24) is 4.98 Å². The van der Waals surface area contributed by atoms with E-state index in [9.17, 15) is 10.1 Å². The lowest BCUT2D eigenvalue weighted by Crippen LogP contribution is -2.16. The maximum absolute atomic E-state index is 10.9. The lowest BCUT2D eigenvalue weighted by Gasteiger charge is -2.03. The van der Waals surface area contributed by atoms with Crippen LogP contribution in [0.1, 0.15) is 5.56 Å². The van der Waals surface area contributed by atoms with Crippen molar-refractivity contribution in [3.8, 4) is 11.5 Å². The van der Waals surface area contributed by atoms with Crippen LogP contribution in [0.4, 0.5) is 5.69 Å². The quantitative estimate of drug-likeness (QED) is 0.345. The number of hydrogen-bond donors (Lipinski definition) is 0. The molecule has 96 valence electrons. The molecule has 1 heterocycles. The maximum atomic E-state index is 10.9. The first-order valence-electron chi connectivity index (χ1n) is 5.93. The molecule has 0 atom stereocenters. The molecule has 0 radical (unpaired) electrons. The number of rotatable bonds is 1. The fourth-order valence-corrected chi connectivity index (χ4v) is 2.14. The summed E-state index contributed by atoms with van der Waals surface area (Å²) in [6.45, 7) is 6.50. The standard InChI is InChI=1S/C14H14N2O2Si/c1-19(2,3)8-7-11-9-12-5-4-6-13(16(17)18)14(12)15-10-11/h4-6,9-10H,1-3H3. The molecule has 0 saturated carbocycles. The van der Waals surface area contributed by atoms with Gasteiger partial charge in [0.25, 0.3) is 5.69 Å². The van der Waals surface area contributed by atoms with Crippen LogP contribution < -0.4 is 0 Å². The van der Waals surface area contributed by atoms with Crippen molar-refractivity contribution in [3.05, 3.63) is 46.1 Å². The molecule has 0 fully saturated rings. The minimum absolute atomic E-state index is 0.0298. The van der Waals surface area contributed by atoms with Gasteiger partial charge < -0.3 is 0 Å². The lowest BCUT2D eigenvalue weighted by atomic mass is 10.1. The van der Waals surface area contributed by atoms with Crippen molar-refractivity contribution in [2.75, 3.05) is 0 Å². The van der Waals surface area contributed by atoms with Crippen molar-refractivity contribution in [3.63, 3.8) is 0 Å². The second-order valence-electron chi connectivity index (χ2n) is 5.33. The summed E-state index contributed by atoms with van der Waals surface area (Å²) >= 11 is 0. The minimum Gasteiger partial charge on any atom is -0.258 e. The highest BCUT2D eigenvalue weighted by Crippen LogP contribution is 2.23. The first-order chi connectivity index (χ1) is 8.87. The number of aromatic nitrogens is 1. The van der Waals surface area contributed by atoms with Gasteiger partial charge in [-0.1, -0.05) is 37.7 Å². The van der Waals surface area contributed by atoms with Gasteiger partial charge in [0.2, 0.25) is 0 Å². The molecule has 2 rings (SSSR count). The Morgan fingerprint density at radius 3 is 2.68 bits per heavy atom. The Hall–Kier alpha value is -2.19. The molecular weight excluding hydrogens is 256 g/mol. The highest BCUT2D eigenvalue weighted by Gasteiger charge is 2.12. The summed E-state index contributed by atoms with van der Waals surface area (Å²) in [5.74, 6) is 3.10. The van der Waals surface area contributed by atoms with Crippen LogP contribution in [-0.4, -0.2) is 18.0 Å². The SMILES string of the molecule is C[Si](C)(C)C#Cc1cnc2c([N+](=O)[O-])cccc2c1.